The van der Waals surface area contributed by atoms with Crippen molar-refractivity contribution in [3.05, 3.63) is 101 Å². The summed E-state index contributed by atoms with van der Waals surface area (Å²) in [5.41, 5.74) is 6.91. The molecule has 0 spiro atoms. The van der Waals surface area contributed by atoms with Gasteiger partial charge in [0.05, 0.1) is 11.1 Å². The highest BCUT2D eigenvalue weighted by molar-refractivity contribution is 6.12. The van der Waals surface area contributed by atoms with E-state index in [0.29, 0.717) is 16.7 Å². The molecule has 0 bridgehead atoms. The fourth-order valence-electron chi connectivity index (χ4n) is 2.44. The zero-order chi connectivity index (χ0) is 22.1. The number of hydrogen-bond acceptors (Lipinski definition) is 5. The number of hydrogen-bond donors (Lipinski definition) is 4. The van der Waals surface area contributed by atoms with Crippen LogP contribution in [0.15, 0.2) is 78.9 Å². The van der Waals surface area contributed by atoms with Crippen LogP contribution in [0.25, 0.3) is 0 Å². The molecule has 0 saturated heterocycles. The Balaban J connectivity index is 0.000000735. The van der Waals surface area contributed by atoms with Gasteiger partial charge in [0.25, 0.3) is 0 Å². The number of nitrogens with two attached hydrogens (primary N) is 1. The van der Waals surface area contributed by atoms with E-state index in [1.165, 1.54) is 18.2 Å². The highest BCUT2D eigenvalue weighted by Crippen LogP contribution is 2.24. The molecule has 3 aromatic rings. The van der Waals surface area contributed by atoms with E-state index < -0.39 is 12.1 Å². The van der Waals surface area contributed by atoms with Crippen LogP contribution in [-0.2, 0) is 0 Å². The fraction of sp³-hybridized carbons (Fsp3) is 0. The number of nitrogens with one attached hydrogen (secondary N) is 1. The Hall–Kier alpha value is -4.46. The van der Waals surface area contributed by atoms with Crippen LogP contribution >= 0.6 is 0 Å². The van der Waals surface area contributed by atoms with Gasteiger partial charge in [0, 0.05) is 11.1 Å². The highest BCUT2D eigenvalue weighted by atomic mass is 16.6. The third-order valence-corrected chi connectivity index (χ3v) is 3.78. The monoisotopic (exact) mass is 406 g/mol. The number of benzene rings is 3. The van der Waals surface area contributed by atoms with Crippen molar-refractivity contribution in [2.24, 2.45) is 5.73 Å². The van der Waals surface area contributed by atoms with Gasteiger partial charge in [0.2, 0.25) is 0 Å². The standard InChI is InChI=1S/C21H16N2O3.CH2O3/c22-20(23)16-11-12-18(26-21(25)15-9-5-2-6-10-15)17(13-16)19(24)14-7-3-1-4-8-14;2-1(3)4/h1-13H,(H3,22,23);(H2,2,3,4). The maximum atomic E-state index is 12.9. The SMILES string of the molecule is N=C(N)c1ccc(OC(=O)c2ccccc2)c(C(=O)c2ccccc2)c1.O=C(O)O. The van der Waals surface area contributed by atoms with Gasteiger partial charge in [-0.3, -0.25) is 10.2 Å². The first-order chi connectivity index (χ1) is 14.3. The van der Waals surface area contributed by atoms with E-state index in [1.54, 1.807) is 60.7 Å². The third kappa shape index (κ3) is 6.03. The Labute approximate surface area is 171 Å². The first-order valence-electron chi connectivity index (χ1n) is 8.57. The maximum Gasteiger partial charge on any atom is 0.503 e. The molecule has 0 aliphatic carbocycles. The predicted molar refractivity (Wildman–Crippen MR) is 109 cm³/mol. The van der Waals surface area contributed by atoms with Gasteiger partial charge in [-0.25, -0.2) is 9.59 Å². The number of esters is 1. The molecule has 0 aliphatic rings. The zero-order valence-corrected chi connectivity index (χ0v) is 15.6. The molecule has 3 rings (SSSR count). The molecule has 0 amide bonds. The van der Waals surface area contributed by atoms with Crippen molar-refractivity contribution in [1.82, 2.24) is 0 Å². The number of nitrogen functional groups attached to an aromatic ring is 1. The van der Waals surface area contributed by atoms with Crippen molar-refractivity contribution in [2.45, 2.75) is 0 Å². The molecule has 30 heavy (non-hydrogen) atoms. The van der Waals surface area contributed by atoms with Gasteiger partial charge < -0.3 is 20.7 Å². The largest absolute Gasteiger partial charge is 0.503 e. The number of rotatable bonds is 5. The molecule has 8 nitrogen and oxygen atoms in total. The molecule has 0 fully saturated rings. The maximum absolute atomic E-state index is 12.9. The van der Waals surface area contributed by atoms with Gasteiger partial charge in [0.15, 0.2) is 5.78 Å². The normalized spacial score (nSPS) is 9.60. The van der Waals surface area contributed by atoms with Crippen LogP contribution in [0.1, 0.15) is 31.8 Å². The molecule has 0 aromatic heterocycles. The van der Waals surface area contributed by atoms with Crippen LogP contribution in [0.3, 0.4) is 0 Å². The molecular formula is C22H18N2O6. The summed E-state index contributed by atoms with van der Waals surface area (Å²) < 4.78 is 5.44. The molecule has 0 unspecified atom stereocenters. The number of carbonyl (C=O) groups is 3. The summed E-state index contributed by atoms with van der Waals surface area (Å²) in [6.07, 6.45) is -1.83. The molecule has 152 valence electrons. The Kier molecular flexibility index (Phi) is 7.41. The van der Waals surface area contributed by atoms with E-state index in [9.17, 15) is 9.59 Å². The van der Waals surface area contributed by atoms with Crippen molar-refractivity contribution in [1.29, 1.82) is 5.41 Å². The average molecular weight is 406 g/mol. The molecule has 0 atom stereocenters. The summed E-state index contributed by atoms with van der Waals surface area (Å²) in [5, 5.41) is 21.5. The fourth-order valence-corrected chi connectivity index (χ4v) is 2.44. The minimum absolute atomic E-state index is 0.123. The minimum atomic E-state index is -1.83. The van der Waals surface area contributed by atoms with Gasteiger partial charge >= 0.3 is 12.1 Å². The summed E-state index contributed by atoms with van der Waals surface area (Å²) >= 11 is 0. The Morgan fingerprint density at radius 1 is 0.767 bits per heavy atom. The lowest BCUT2D eigenvalue weighted by Crippen LogP contribution is -2.15. The molecule has 0 radical (unpaired) electrons. The molecule has 5 N–H and O–H groups in total. The van der Waals surface area contributed by atoms with Crippen molar-refractivity contribution >= 4 is 23.7 Å². The molecule has 3 aromatic carbocycles. The van der Waals surface area contributed by atoms with E-state index >= 15 is 0 Å². The molecular weight excluding hydrogens is 388 g/mol. The van der Waals surface area contributed by atoms with Gasteiger partial charge in [0.1, 0.15) is 11.6 Å². The lowest BCUT2D eigenvalue weighted by Gasteiger charge is -2.11. The van der Waals surface area contributed by atoms with E-state index in [-0.39, 0.29) is 22.9 Å². The minimum Gasteiger partial charge on any atom is -0.450 e. The van der Waals surface area contributed by atoms with Crippen LogP contribution < -0.4 is 10.5 Å². The molecule has 0 saturated carbocycles. The summed E-state index contributed by atoms with van der Waals surface area (Å²) in [7, 11) is 0. The first kappa shape index (κ1) is 21.8. The van der Waals surface area contributed by atoms with Crippen molar-refractivity contribution < 1.29 is 29.3 Å². The van der Waals surface area contributed by atoms with E-state index in [1.807, 2.05) is 0 Å². The Morgan fingerprint density at radius 3 is 1.77 bits per heavy atom. The second-order valence-corrected chi connectivity index (χ2v) is 5.86. The lowest BCUT2D eigenvalue weighted by molar-refractivity contribution is 0.0732. The number of ether oxygens (including phenoxy) is 1. The summed E-state index contributed by atoms with van der Waals surface area (Å²) in [5.74, 6) is -0.932. The van der Waals surface area contributed by atoms with Crippen molar-refractivity contribution in [3.8, 4) is 5.75 Å². The highest BCUT2D eigenvalue weighted by Gasteiger charge is 2.19. The van der Waals surface area contributed by atoms with Crippen LogP contribution in [0.4, 0.5) is 4.79 Å². The van der Waals surface area contributed by atoms with Crippen LogP contribution in [0.2, 0.25) is 0 Å². The Bertz CT molecular complexity index is 1060. The van der Waals surface area contributed by atoms with Gasteiger partial charge in [-0.15, -0.1) is 0 Å². The van der Waals surface area contributed by atoms with Gasteiger partial charge in [-0.05, 0) is 30.3 Å². The average Bonchev–Trinajstić information content (AvgIpc) is 2.74. The topological polar surface area (TPSA) is 151 Å². The molecule has 8 heteroatoms. The smallest absolute Gasteiger partial charge is 0.450 e. The number of amidine groups is 1. The summed E-state index contributed by atoms with van der Waals surface area (Å²) in [4.78, 5) is 33.8. The second-order valence-electron chi connectivity index (χ2n) is 5.86. The van der Waals surface area contributed by atoms with Crippen LogP contribution in [0.5, 0.6) is 5.75 Å². The molecule has 0 heterocycles. The van der Waals surface area contributed by atoms with Gasteiger partial charge in [-0.1, -0.05) is 48.5 Å². The second kappa shape index (κ2) is 10.2. The zero-order valence-electron chi connectivity index (χ0n) is 15.6. The van der Waals surface area contributed by atoms with Gasteiger partial charge in [-0.2, -0.15) is 0 Å². The quantitative estimate of drug-likeness (QED) is 0.166. The van der Waals surface area contributed by atoms with E-state index in [0.717, 1.165) is 0 Å². The number of carbonyl (C=O) groups excluding carboxylic acids is 2. The number of carboxylic acid groups (broad SMARTS) is 2. The van der Waals surface area contributed by atoms with Crippen LogP contribution in [0, 0.1) is 5.41 Å². The van der Waals surface area contributed by atoms with Crippen LogP contribution in [-0.4, -0.2) is 34.0 Å². The van der Waals surface area contributed by atoms with Crippen molar-refractivity contribution in [3.63, 3.8) is 0 Å². The first-order valence-corrected chi connectivity index (χ1v) is 8.57. The summed E-state index contributed by atoms with van der Waals surface area (Å²) in [6.45, 7) is 0. The molecule has 0 aliphatic heterocycles. The Morgan fingerprint density at radius 2 is 1.27 bits per heavy atom. The lowest BCUT2D eigenvalue weighted by atomic mass is 10.00. The predicted octanol–water partition coefficient (Wildman–Crippen LogP) is 3.64. The van der Waals surface area contributed by atoms with Crippen molar-refractivity contribution in [2.75, 3.05) is 0 Å². The van der Waals surface area contributed by atoms with E-state index in [4.69, 9.17) is 30.9 Å². The summed E-state index contributed by atoms with van der Waals surface area (Å²) in [6, 6.07) is 21.6. The van der Waals surface area contributed by atoms with E-state index in [2.05, 4.69) is 0 Å². The third-order valence-electron chi connectivity index (χ3n) is 3.78. The number of ketones is 1.